The van der Waals surface area contributed by atoms with Gasteiger partial charge in [-0.05, 0) is 32.2 Å². The molecule has 0 aromatic carbocycles. The molecule has 0 aliphatic carbocycles. The van der Waals surface area contributed by atoms with Gasteiger partial charge in [0.15, 0.2) is 6.29 Å². The van der Waals surface area contributed by atoms with Crippen molar-refractivity contribution in [1.82, 2.24) is 0 Å². The van der Waals surface area contributed by atoms with Crippen LogP contribution in [-0.2, 0) is 23.7 Å². The number of hydrogen-bond donors (Lipinski definition) is 1. The number of carbonyl (C=O) groups is 1. The average Bonchev–Trinajstić information content (AvgIpc) is 2.62. The Hall–Kier alpha value is -0.210. The zero-order valence-corrected chi connectivity index (χ0v) is 17.4. The largest absolute Gasteiger partial charge is 0.436 e. The van der Waals surface area contributed by atoms with Crippen LogP contribution in [0.2, 0.25) is 0 Å². The summed E-state index contributed by atoms with van der Waals surface area (Å²) in [6.07, 6.45) is 8.15. The highest BCUT2D eigenvalue weighted by Crippen LogP contribution is 2.13. The van der Waals surface area contributed by atoms with Crippen LogP contribution in [0.5, 0.6) is 0 Å². The van der Waals surface area contributed by atoms with Crippen molar-refractivity contribution >= 4 is 21.9 Å². The molecule has 7 heteroatoms. The number of hydrogen-bond acceptors (Lipinski definition) is 6. The van der Waals surface area contributed by atoms with Gasteiger partial charge < -0.3 is 24.7 Å². The normalized spacial score (nSPS) is 12.5. The predicted molar refractivity (Wildman–Crippen MR) is 103 cm³/mol. The molecule has 0 spiro atoms. The highest BCUT2D eigenvalue weighted by Gasteiger charge is 2.16. The van der Waals surface area contributed by atoms with Crippen LogP contribution in [0, 0.1) is 0 Å². The van der Waals surface area contributed by atoms with Crippen molar-refractivity contribution in [2.45, 2.75) is 76.8 Å². The highest BCUT2D eigenvalue weighted by atomic mass is 79.9. The van der Waals surface area contributed by atoms with Crippen LogP contribution in [0.3, 0.4) is 0 Å². The molecule has 2 N–H and O–H groups in total. The van der Waals surface area contributed by atoms with Crippen LogP contribution in [0.1, 0.15) is 64.2 Å². The molecule has 25 heavy (non-hydrogen) atoms. The van der Waals surface area contributed by atoms with E-state index in [0.29, 0.717) is 19.6 Å². The maximum atomic E-state index is 12.0. The first kappa shape index (κ1) is 24.8. The summed E-state index contributed by atoms with van der Waals surface area (Å²) in [5, 5.41) is 1.06. The Morgan fingerprint density at radius 1 is 0.920 bits per heavy atom. The van der Waals surface area contributed by atoms with E-state index in [1.54, 1.807) is 14.2 Å². The molecule has 0 heterocycles. The third kappa shape index (κ3) is 15.7. The molecule has 0 bridgehead atoms. The van der Waals surface area contributed by atoms with Crippen LogP contribution in [0.25, 0.3) is 0 Å². The number of methoxy groups -OCH3 is 2. The van der Waals surface area contributed by atoms with Gasteiger partial charge >= 0.3 is 5.97 Å². The molecule has 150 valence electrons. The second kappa shape index (κ2) is 18.6. The summed E-state index contributed by atoms with van der Waals surface area (Å²) in [6, 6.07) is 0. The van der Waals surface area contributed by atoms with Crippen molar-refractivity contribution in [3.8, 4) is 0 Å². The van der Waals surface area contributed by atoms with Crippen LogP contribution in [0.15, 0.2) is 0 Å². The third-order valence-corrected chi connectivity index (χ3v) is 4.41. The summed E-state index contributed by atoms with van der Waals surface area (Å²) in [6.45, 7) is 1.22. The second-order valence-electron chi connectivity index (χ2n) is 5.97. The Kier molecular flexibility index (Phi) is 18.4. The van der Waals surface area contributed by atoms with E-state index in [1.165, 1.54) is 19.3 Å². The maximum Gasteiger partial charge on any atom is 0.308 e. The number of nitrogens with two attached hydrogens (primary N) is 1. The lowest BCUT2D eigenvalue weighted by Gasteiger charge is -2.19. The summed E-state index contributed by atoms with van der Waals surface area (Å²) in [4.78, 5) is 12.0. The van der Waals surface area contributed by atoms with Crippen molar-refractivity contribution in [2.24, 2.45) is 5.73 Å². The van der Waals surface area contributed by atoms with Crippen molar-refractivity contribution in [1.29, 1.82) is 0 Å². The van der Waals surface area contributed by atoms with E-state index in [0.717, 1.165) is 37.4 Å². The minimum atomic E-state index is -0.468. The van der Waals surface area contributed by atoms with Gasteiger partial charge in [-0.3, -0.25) is 4.79 Å². The van der Waals surface area contributed by atoms with Crippen LogP contribution >= 0.6 is 15.9 Å². The first-order valence-electron chi connectivity index (χ1n) is 9.30. The number of ether oxygens (including phenoxy) is 4. The van der Waals surface area contributed by atoms with Crippen LogP contribution < -0.4 is 5.73 Å². The molecule has 0 fully saturated rings. The first-order chi connectivity index (χ1) is 12.2. The van der Waals surface area contributed by atoms with E-state index in [2.05, 4.69) is 15.9 Å². The Bertz CT molecular complexity index is 303. The Morgan fingerprint density at radius 3 is 2.24 bits per heavy atom. The fourth-order valence-corrected chi connectivity index (χ4v) is 2.74. The lowest BCUT2D eigenvalue weighted by atomic mass is 10.1. The molecule has 0 aliphatic rings. The molecular weight excluding hydrogens is 390 g/mol. The molecular formula is C18H36BrNO5. The van der Waals surface area contributed by atoms with E-state index in [9.17, 15) is 4.79 Å². The van der Waals surface area contributed by atoms with Gasteiger partial charge in [-0.2, -0.15) is 0 Å². The monoisotopic (exact) mass is 425 g/mol. The number of unbranched alkanes of at least 4 members (excludes halogenated alkanes) is 5. The van der Waals surface area contributed by atoms with E-state index in [4.69, 9.17) is 24.7 Å². The second-order valence-corrected chi connectivity index (χ2v) is 6.76. The number of alkyl halides is 1. The van der Waals surface area contributed by atoms with Gasteiger partial charge in [0.05, 0.1) is 13.0 Å². The van der Waals surface area contributed by atoms with Crippen LogP contribution in [0.4, 0.5) is 0 Å². The standard InChI is InChI=1S/C18H36BrNO5/c1-22-17(23-2)12-11-16(21)25-18(24-15-9-8-14-20)10-6-4-3-5-7-13-19/h17-18H,3-15,20H2,1-2H3. The van der Waals surface area contributed by atoms with E-state index in [1.807, 2.05) is 0 Å². The first-order valence-corrected chi connectivity index (χ1v) is 10.4. The predicted octanol–water partition coefficient (Wildman–Crippen LogP) is 3.75. The number of rotatable bonds is 18. The number of carbonyl (C=O) groups excluding carboxylic acids is 1. The van der Waals surface area contributed by atoms with Crippen molar-refractivity contribution in [2.75, 3.05) is 32.7 Å². The van der Waals surface area contributed by atoms with Crippen LogP contribution in [-0.4, -0.2) is 51.3 Å². The van der Waals surface area contributed by atoms with Crippen molar-refractivity contribution in [3.63, 3.8) is 0 Å². The van der Waals surface area contributed by atoms with Gasteiger partial charge in [-0.1, -0.05) is 35.2 Å². The molecule has 0 aromatic rings. The van der Waals surface area contributed by atoms with Gasteiger partial charge in [-0.25, -0.2) is 0 Å². The zero-order chi connectivity index (χ0) is 18.8. The SMILES string of the molecule is COC(CCC(=O)OC(CCCCCCCBr)OCCCCN)OC. The molecule has 0 saturated heterocycles. The minimum Gasteiger partial charge on any atom is -0.436 e. The molecule has 0 radical (unpaired) electrons. The van der Waals surface area contributed by atoms with Gasteiger partial charge in [0.25, 0.3) is 0 Å². The highest BCUT2D eigenvalue weighted by molar-refractivity contribution is 9.09. The average molecular weight is 426 g/mol. The summed E-state index contributed by atoms with van der Waals surface area (Å²) in [5.74, 6) is -0.276. The lowest BCUT2D eigenvalue weighted by Crippen LogP contribution is -2.24. The van der Waals surface area contributed by atoms with Crippen molar-refractivity contribution in [3.05, 3.63) is 0 Å². The summed E-state index contributed by atoms with van der Waals surface area (Å²) < 4.78 is 21.4. The van der Waals surface area contributed by atoms with Gasteiger partial charge in [0.1, 0.15) is 0 Å². The zero-order valence-electron chi connectivity index (χ0n) is 15.8. The molecule has 0 saturated carbocycles. The molecule has 6 nitrogen and oxygen atoms in total. The van der Waals surface area contributed by atoms with Crippen molar-refractivity contribution < 1.29 is 23.7 Å². The topological polar surface area (TPSA) is 80.0 Å². The minimum absolute atomic E-state index is 0.250. The van der Waals surface area contributed by atoms with Gasteiger partial charge in [0, 0.05) is 32.4 Å². The van der Waals surface area contributed by atoms with E-state index < -0.39 is 6.29 Å². The lowest BCUT2D eigenvalue weighted by molar-refractivity contribution is -0.183. The van der Waals surface area contributed by atoms with E-state index in [-0.39, 0.29) is 18.7 Å². The molecule has 1 atom stereocenters. The molecule has 1 unspecified atom stereocenters. The molecule has 0 aliphatic heterocycles. The summed E-state index contributed by atoms with van der Waals surface area (Å²) in [5.41, 5.74) is 5.49. The molecule has 0 rings (SSSR count). The fraction of sp³-hybridized carbons (Fsp3) is 0.944. The Labute approximate surface area is 161 Å². The third-order valence-electron chi connectivity index (χ3n) is 3.85. The Balaban J connectivity index is 4.11. The Morgan fingerprint density at radius 2 is 1.60 bits per heavy atom. The maximum absolute atomic E-state index is 12.0. The summed E-state index contributed by atoms with van der Waals surface area (Å²) >= 11 is 3.44. The smallest absolute Gasteiger partial charge is 0.308 e. The number of halogens is 1. The molecule has 0 aromatic heterocycles. The number of esters is 1. The quantitative estimate of drug-likeness (QED) is 0.156. The molecule has 0 amide bonds. The summed E-state index contributed by atoms with van der Waals surface area (Å²) in [7, 11) is 3.11. The van der Waals surface area contributed by atoms with Gasteiger partial charge in [0.2, 0.25) is 6.29 Å². The van der Waals surface area contributed by atoms with Gasteiger partial charge in [-0.15, -0.1) is 0 Å². The fourth-order valence-electron chi connectivity index (χ4n) is 2.35. The van der Waals surface area contributed by atoms with E-state index >= 15 is 0 Å².